The molecule has 138 valence electrons. The second-order valence-corrected chi connectivity index (χ2v) is 6.29. The van der Waals surface area contributed by atoms with E-state index in [0.717, 1.165) is 12.1 Å². The Bertz CT molecular complexity index is 987. The molecule has 4 rings (SSSR count). The number of nitrogens with one attached hydrogen (secondary N) is 3. The highest BCUT2D eigenvalue weighted by atomic mass is 19.1. The highest BCUT2D eigenvalue weighted by Gasteiger charge is 2.24. The molecular weight excluding hydrogens is 349 g/mol. The lowest BCUT2D eigenvalue weighted by atomic mass is 10.2. The minimum atomic E-state index is -0.425. The normalized spacial score (nSPS) is 13.9. The molecule has 1 aromatic carbocycles. The van der Waals surface area contributed by atoms with E-state index >= 15 is 0 Å². The fourth-order valence-electron chi connectivity index (χ4n) is 2.95. The minimum Gasteiger partial charge on any atom is -0.339 e. The summed E-state index contributed by atoms with van der Waals surface area (Å²) >= 11 is 0. The Morgan fingerprint density at radius 3 is 2.67 bits per heavy atom. The van der Waals surface area contributed by atoms with E-state index in [9.17, 15) is 9.18 Å². The average molecular weight is 367 g/mol. The number of H-pyrrole nitrogens is 1. The first-order valence-corrected chi connectivity index (χ1v) is 8.56. The molecule has 3 aromatic rings. The van der Waals surface area contributed by atoms with Crippen molar-refractivity contribution in [3.63, 3.8) is 0 Å². The Hall–Kier alpha value is -3.49. The standard InChI is InChI=1S/C18H18FN7O/c1-11-7-15(25-24-11)22-17-10-20-9-16(23-17)21-12-4-5-13(19)14(8-12)26-6-2-3-18(26)27/h4-5,7-10H,2-3,6H2,1H3,(H3,21,22,23,24,25). The molecule has 0 radical (unpaired) electrons. The van der Waals surface area contributed by atoms with Gasteiger partial charge in [0.05, 0.1) is 18.1 Å². The van der Waals surface area contributed by atoms with Gasteiger partial charge in [-0.2, -0.15) is 5.10 Å². The average Bonchev–Trinajstić information content (AvgIpc) is 3.25. The number of carbonyl (C=O) groups excluding carboxylic acids is 1. The molecular formula is C18H18FN7O. The first kappa shape index (κ1) is 17.0. The fourth-order valence-corrected chi connectivity index (χ4v) is 2.95. The summed E-state index contributed by atoms with van der Waals surface area (Å²) in [4.78, 5) is 22.0. The van der Waals surface area contributed by atoms with Crippen LogP contribution in [-0.2, 0) is 4.79 Å². The van der Waals surface area contributed by atoms with Crippen LogP contribution in [0.15, 0.2) is 36.7 Å². The Morgan fingerprint density at radius 2 is 1.96 bits per heavy atom. The van der Waals surface area contributed by atoms with Crippen LogP contribution in [0.2, 0.25) is 0 Å². The number of aryl methyl sites for hydroxylation is 1. The second-order valence-electron chi connectivity index (χ2n) is 6.29. The zero-order chi connectivity index (χ0) is 18.8. The summed E-state index contributed by atoms with van der Waals surface area (Å²) in [6.07, 6.45) is 4.32. The van der Waals surface area contributed by atoms with Gasteiger partial charge in [-0.1, -0.05) is 0 Å². The topological polar surface area (TPSA) is 98.8 Å². The molecule has 0 atom stereocenters. The zero-order valence-corrected chi connectivity index (χ0v) is 14.7. The van der Waals surface area contributed by atoms with Gasteiger partial charge in [-0.25, -0.2) is 9.37 Å². The van der Waals surface area contributed by atoms with Gasteiger partial charge in [0.15, 0.2) is 17.5 Å². The molecule has 3 heterocycles. The highest BCUT2D eigenvalue weighted by Crippen LogP contribution is 2.28. The monoisotopic (exact) mass is 367 g/mol. The van der Waals surface area contributed by atoms with Gasteiger partial charge < -0.3 is 15.5 Å². The third-order valence-corrected chi connectivity index (χ3v) is 4.18. The molecule has 1 amide bonds. The van der Waals surface area contributed by atoms with Crippen LogP contribution < -0.4 is 15.5 Å². The summed E-state index contributed by atoms with van der Waals surface area (Å²) in [6, 6.07) is 6.39. The number of hydrogen-bond donors (Lipinski definition) is 3. The van der Waals surface area contributed by atoms with E-state index in [0.29, 0.717) is 36.1 Å². The van der Waals surface area contributed by atoms with Gasteiger partial charge >= 0.3 is 0 Å². The molecule has 1 fully saturated rings. The largest absolute Gasteiger partial charge is 0.339 e. The van der Waals surface area contributed by atoms with Gasteiger partial charge in [0, 0.05) is 30.4 Å². The first-order chi connectivity index (χ1) is 13.1. The van der Waals surface area contributed by atoms with E-state index < -0.39 is 5.82 Å². The molecule has 9 heteroatoms. The van der Waals surface area contributed by atoms with Crippen LogP contribution in [0.3, 0.4) is 0 Å². The van der Waals surface area contributed by atoms with Gasteiger partial charge in [0.1, 0.15) is 5.82 Å². The lowest BCUT2D eigenvalue weighted by Crippen LogP contribution is -2.24. The molecule has 0 spiro atoms. The number of anilines is 5. The minimum absolute atomic E-state index is 0.0636. The van der Waals surface area contributed by atoms with Crippen molar-refractivity contribution in [3.05, 3.63) is 48.2 Å². The lowest BCUT2D eigenvalue weighted by molar-refractivity contribution is -0.117. The van der Waals surface area contributed by atoms with Crippen molar-refractivity contribution in [2.24, 2.45) is 0 Å². The predicted molar refractivity (Wildman–Crippen MR) is 99.9 cm³/mol. The van der Waals surface area contributed by atoms with Gasteiger partial charge in [0.25, 0.3) is 0 Å². The molecule has 0 unspecified atom stereocenters. The molecule has 1 saturated heterocycles. The van der Waals surface area contributed by atoms with Crippen molar-refractivity contribution >= 4 is 34.7 Å². The summed E-state index contributed by atoms with van der Waals surface area (Å²) in [5.74, 6) is 1.15. The summed E-state index contributed by atoms with van der Waals surface area (Å²) in [5.41, 5.74) is 1.82. The van der Waals surface area contributed by atoms with Crippen molar-refractivity contribution in [2.45, 2.75) is 19.8 Å². The SMILES string of the molecule is Cc1cc(Nc2cncc(Nc3ccc(F)c(N4CCCC4=O)c3)n2)n[nH]1. The summed E-state index contributed by atoms with van der Waals surface area (Å²) in [7, 11) is 0. The van der Waals surface area contributed by atoms with E-state index in [-0.39, 0.29) is 11.6 Å². The number of benzene rings is 1. The van der Waals surface area contributed by atoms with Crippen molar-refractivity contribution in [1.29, 1.82) is 0 Å². The maximum atomic E-state index is 14.2. The van der Waals surface area contributed by atoms with Gasteiger partial charge in [-0.05, 0) is 31.5 Å². The molecule has 27 heavy (non-hydrogen) atoms. The number of amides is 1. The maximum Gasteiger partial charge on any atom is 0.227 e. The molecule has 3 N–H and O–H groups in total. The molecule has 0 bridgehead atoms. The van der Waals surface area contributed by atoms with Gasteiger partial charge in [-0.15, -0.1) is 0 Å². The van der Waals surface area contributed by atoms with E-state index in [2.05, 4.69) is 30.8 Å². The van der Waals surface area contributed by atoms with Crippen molar-refractivity contribution in [1.82, 2.24) is 20.2 Å². The Balaban J connectivity index is 1.54. The van der Waals surface area contributed by atoms with E-state index in [4.69, 9.17) is 0 Å². The Morgan fingerprint density at radius 1 is 1.15 bits per heavy atom. The van der Waals surface area contributed by atoms with Crippen molar-refractivity contribution in [2.75, 3.05) is 22.1 Å². The summed E-state index contributed by atoms with van der Waals surface area (Å²) in [5, 5.41) is 13.1. The maximum absolute atomic E-state index is 14.2. The van der Waals surface area contributed by atoms with Gasteiger partial charge in [-0.3, -0.25) is 14.9 Å². The number of aromatic nitrogens is 4. The predicted octanol–water partition coefficient (Wildman–Crippen LogP) is 3.26. The number of halogens is 1. The Labute approximate surface area is 154 Å². The number of nitrogens with zero attached hydrogens (tertiary/aromatic N) is 4. The molecule has 8 nitrogen and oxygen atoms in total. The van der Waals surface area contributed by atoms with Crippen LogP contribution in [0.5, 0.6) is 0 Å². The number of hydrogen-bond acceptors (Lipinski definition) is 6. The van der Waals surface area contributed by atoms with Crippen LogP contribution in [0.1, 0.15) is 18.5 Å². The van der Waals surface area contributed by atoms with E-state index in [1.165, 1.54) is 11.0 Å². The molecule has 1 aliphatic heterocycles. The van der Waals surface area contributed by atoms with E-state index in [1.807, 2.05) is 13.0 Å². The quantitative estimate of drug-likeness (QED) is 0.640. The number of carbonyl (C=O) groups is 1. The summed E-state index contributed by atoms with van der Waals surface area (Å²) < 4.78 is 14.2. The highest BCUT2D eigenvalue weighted by molar-refractivity contribution is 5.96. The number of rotatable bonds is 5. The third kappa shape index (κ3) is 3.71. The molecule has 0 saturated carbocycles. The van der Waals surface area contributed by atoms with Crippen LogP contribution in [0.4, 0.5) is 33.2 Å². The Kier molecular flexibility index (Phi) is 4.41. The smallest absolute Gasteiger partial charge is 0.227 e. The van der Waals surface area contributed by atoms with Crippen LogP contribution >= 0.6 is 0 Å². The number of aromatic amines is 1. The van der Waals surface area contributed by atoms with Crippen LogP contribution in [-0.4, -0.2) is 32.6 Å². The van der Waals surface area contributed by atoms with Gasteiger partial charge in [0.2, 0.25) is 5.91 Å². The van der Waals surface area contributed by atoms with Crippen LogP contribution in [0.25, 0.3) is 0 Å². The summed E-state index contributed by atoms with van der Waals surface area (Å²) in [6.45, 7) is 2.43. The van der Waals surface area contributed by atoms with Crippen molar-refractivity contribution < 1.29 is 9.18 Å². The van der Waals surface area contributed by atoms with E-state index in [1.54, 1.807) is 24.5 Å². The third-order valence-electron chi connectivity index (χ3n) is 4.18. The molecule has 1 aliphatic rings. The second kappa shape index (κ2) is 7.02. The zero-order valence-electron chi connectivity index (χ0n) is 14.7. The molecule has 2 aromatic heterocycles. The first-order valence-electron chi connectivity index (χ1n) is 8.56. The van der Waals surface area contributed by atoms with Crippen molar-refractivity contribution in [3.8, 4) is 0 Å². The van der Waals surface area contributed by atoms with Crippen LogP contribution in [0, 0.1) is 12.7 Å². The fraction of sp³-hybridized carbons (Fsp3) is 0.222. The molecule has 0 aliphatic carbocycles. The lowest BCUT2D eigenvalue weighted by Gasteiger charge is -2.18.